The maximum Gasteiger partial charge on any atom is 0.295 e. The first-order chi connectivity index (χ1) is 14.4. The molecule has 1 amide bonds. The number of halogens is 3. The Labute approximate surface area is 191 Å². The Hall–Kier alpha value is -2.67. The highest BCUT2D eigenvalue weighted by Crippen LogP contribution is 2.26. The predicted molar refractivity (Wildman–Crippen MR) is 124 cm³/mol. The number of nitrogens with zero attached hydrogens (tertiary/aromatic N) is 3. The van der Waals surface area contributed by atoms with Gasteiger partial charge in [-0.3, -0.25) is 4.79 Å². The van der Waals surface area contributed by atoms with Gasteiger partial charge in [-0.1, -0.05) is 57.3 Å². The van der Waals surface area contributed by atoms with Gasteiger partial charge in [0.25, 0.3) is 5.91 Å². The van der Waals surface area contributed by atoms with Gasteiger partial charge in [0.05, 0.1) is 5.69 Å². The molecule has 0 fully saturated rings. The van der Waals surface area contributed by atoms with E-state index >= 15 is 0 Å². The summed E-state index contributed by atoms with van der Waals surface area (Å²) in [5.41, 5.74) is 2.89. The number of carbonyl (C=O) groups excluding carboxylic acids is 1. The van der Waals surface area contributed by atoms with Crippen molar-refractivity contribution in [1.82, 2.24) is 14.8 Å². The predicted octanol–water partition coefficient (Wildman–Crippen LogP) is 6.56. The van der Waals surface area contributed by atoms with Gasteiger partial charge >= 0.3 is 0 Å². The molecule has 8 heteroatoms. The minimum Gasteiger partial charge on any atom is -0.319 e. The van der Waals surface area contributed by atoms with Crippen molar-refractivity contribution < 1.29 is 4.79 Å². The van der Waals surface area contributed by atoms with Crippen LogP contribution in [0.4, 0.5) is 5.69 Å². The summed E-state index contributed by atoms with van der Waals surface area (Å²) in [6.07, 6.45) is 0. The molecule has 3 aromatic carbocycles. The van der Waals surface area contributed by atoms with Crippen molar-refractivity contribution >= 4 is 50.7 Å². The third-order valence-corrected chi connectivity index (χ3v) is 5.65. The molecule has 0 bridgehead atoms. The van der Waals surface area contributed by atoms with E-state index in [0.29, 0.717) is 21.6 Å². The molecule has 0 aliphatic carbocycles. The quantitative estimate of drug-likeness (QED) is 0.344. The molecule has 4 rings (SSSR count). The minimum atomic E-state index is -0.431. The lowest BCUT2D eigenvalue weighted by atomic mass is 10.2. The highest BCUT2D eigenvalue weighted by atomic mass is 79.9. The van der Waals surface area contributed by atoms with Crippen LogP contribution in [0.25, 0.3) is 17.1 Å². The van der Waals surface area contributed by atoms with E-state index in [1.165, 1.54) is 0 Å². The number of anilines is 1. The van der Waals surface area contributed by atoms with Crippen molar-refractivity contribution in [2.24, 2.45) is 0 Å². The van der Waals surface area contributed by atoms with Gasteiger partial charge in [-0.05, 0) is 61.0 Å². The van der Waals surface area contributed by atoms with Gasteiger partial charge in [0.1, 0.15) is 0 Å². The molecule has 1 aromatic heterocycles. The summed E-state index contributed by atoms with van der Waals surface area (Å²) in [7, 11) is 0. The summed E-state index contributed by atoms with van der Waals surface area (Å²) >= 11 is 15.8. The van der Waals surface area contributed by atoms with Gasteiger partial charge in [-0.25, -0.2) is 9.67 Å². The van der Waals surface area contributed by atoms with E-state index in [4.69, 9.17) is 23.2 Å². The Balaban J connectivity index is 1.77. The van der Waals surface area contributed by atoms with Crippen LogP contribution < -0.4 is 5.32 Å². The molecule has 0 radical (unpaired) electrons. The van der Waals surface area contributed by atoms with Crippen molar-refractivity contribution in [3.63, 3.8) is 0 Å². The molecular formula is C22H15BrCl2N4O. The fourth-order valence-electron chi connectivity index (χ4n) is 2.91. The topological polar surface area (TPSA) is 59.8 Å². The SMILES string of the molecule is Cc1c(Cl)cccc1NC(=O)c1nc(-c2cccc(Cl)c2)n(-c2ccc(Br)cc2)n1. The summed E-state index contributed by atoms with van der Waals surface area (Å²) in [6, 6.07) is 20.1. The van der Waals surface area contributed by atoms with Gasteiger partial charge in [0.2, 0.25) is 5.82 Å². The van der Waals surface area contributed by atoms with Crippen LogP contribution >= 0.6 is 39.1 Å². The Kier molecular flexibility index (Phi) is 5.90. The Morgan fingerprint density at radius 1 is 1.03 bits per heavy atom. The molecule has 0 saturated carbocycles. The van der Waals surface area contributed by atoms with Crippen molar-refractivity contribution in [3.8, 4) is 17.1 Å². The first-order valence-corrected chi connectivity index (χ1v) is 10.5. The van der Waals surface area contributed by atoms with Gasteiger partial charge in [0, 0.05) is 25.8 Å². The number of nitrogens with one attached hydrogen (secondary N) is 1. The molecule has 4 aromatic rings. The molecule has 0 atom stereocenters. The van der Waals surface area contributed by atoms with Crippen LogP contribution in [-0.4, -0.2) is 20.7 Å². The van der Waals surface area contributed by atoms with Crippen LogP contribution in [0.15, 0.2) is 71.2 Å². The summed E-state index contributed by atoms with van der Waals surface area (Å²) in [6.45, 7) is 1.84. The zero-order chi connectivity index (χ0) is 21.3. The smallest absolute Gasteiger partial charge is 0.295 e. The van der Waals surface area contributed by atoms with E-state index in [9.17, 15) is 4.79 Å². The molecule has 0 spiro atoms. The molecule has 5 nitrogen and oxygen atoms in total. The van der Waals surface area contributed by atoms with Crippen LogP contribution in [0.5, 0.6) is 0 Å². The number of aromatic nitrogens is 3. The number of hydrogen-bond acceptors (Lipinski definition) is 3. The number of hydrogen-bond donors (Lipinski definition) is 1. The second-order valence-electron chi connectivity index (χ2n) is 6.52. The van der Waals surface area contributed by atoms with Gasteiger partial charge < -0.3 is 5.32 Å². The lowest BCUT2D eigenvalue weighted by Gasteiger charge is -2.07. The number of carbonyl (C=O) groups is 1. The molecule has 0 aliphatic rings. The van der Waals surface area contributed by atoms with E-state index < -0.39 is 5.91 Å². The number of benzene rings is 3. The second-order valence-corrected chi connectivity index (χ2v) is 8.28. The van der Waals surface area contributed by atoms with Crippen LogP contribution in [0.2, 0.25) is 10.0 Å². The van der Waals surface area contributed by atoms with Crippen molar-refractivity contribution in [3.05, 3.63) is 92.6 Å². The van der Waals surface area contributed by atoms with Crippen LogP contribution in [0.1, 0.15) is 16.2 Å². The zero-order valence-electron chi connectivity index (χ0n) is 15.7. The van der Waals surface area contributed by atoms with E-state index in [1.807, 2.05) is 43.3 Å². The van der Waals surface area contributed by atoms with Gasteiger partial charge in [-0.2, -0.15) is 0 Å². The molecule has 1 N–H and O–H groups in total. The van der Waals surface area contributed by atoms with E-state index in [1.54, 1.807) is 35.0 Å². The van der Waals surface area contributed by atoms with Crippen LogP contribution in [-0.2, 0) is 0 Å². The summed E-state index contributed by atoms with van der Waals surface area (Å²) in [5.74, 6) is 0.111. The Morgan fingerprint density at radius 2 is 1.77 bits per heavy atom. The average Bonchev–Trinajstić information content (AvgIpc) is 3.18. The van der Waals surface area contributed by atoms with E-state index in [2.05, 4.69) is 31.3 Å². The fraction of sp³-hybridized carbons (Fsp3) is 0.0455. The Bertz CT molecular complexity index is 1240. The molecule has 0 aliphatic heterocycles. The van der Waals surface area contributed by atoms with Gasteiger partial charge in [0.15, 0.2) is 5.82 Å². The molecule has 150 valence electrons. The maximum atomic E-state index is 12.9. The third kappa shape index (κ3) is 4.26. The lowest BCUT2D eigenvalue weighted by Crippen LogP contribution is -2.15. The first-order valence-electron chi connectivity index (χ1n) is 8.98. The normalized spacial score (nSPS) is 10.8. The van der Waals surface area contributed by atoms with E-state index in [-0.39, 0.29) is 5.82 Å². The van der Waals surface area contributed by atoms with E-state index in [0.717, 1.165) is 21.3 Å². The van der Waals surface area contributed by atoms with Crippen LogP contribution in [0.3, 0.4) is 0 Å². The van der Waals surface area contributed by atoms with Gasteiger partial charge in [-0.15, -0.1) is 5.10 Å². The molecule has 1 heterocycles. The number of amides is 1. The lowest BCUT2D eigenvalue weighted by molar-refractivity contribution is 0.101. The second kappa shape index (κ2) is 8.60. The minimum absolute atomic E-state index is 0.0345. The first kappa shape index (κ1) is 20.6. The number of rotatable bonds is 4. The standard InChI is InChI=1S/C22H15BrCl2N4O/c1-13-18(25)6-3-7-19(13)26-22(30)20-27-21(14-4-2-5-16(24)12-14)29(28-20)17-10-8-15(23)9-11-17/h2-12H,1H3,(H,26,30). The maximum absolute atomic E-state index is 12.9. The highest BCUT2D eigenvalue weighted by Gasteiger charge is 2.20. The van der Waals surface area contributed by atoms with Crippen molar-refractivity contribution in [2.45, 2.75) is 6.92 Å². The largest absolute Gasteiger partial charge is 0.319 e. The summed E-state index contributed by atoms with van der Waals surface area (Å²) in [5, 5.41) is 8.44. The molecule has 30 heavy (non-hydrogen) atoms. The third-order valence-electron chi connectivity index (χ3n) is 4.48. The Morgan fingerprint density at radius 3 is 2.50 bits per heavy atom. The van der Waals surface area contributed by atoms with Crippen molar-refractivity contribution in [2.75, 3.05) is 5.32 Å². The van der Waals surface area contributed by atoms with Crippen molar-refractivity contribution in [1.29, 1.82) is 0 Å². The highest BCUT2D eigenvalue weighted by molar-refractivity contribution is 9.10. The average molecular weight is 502 g/mol. The molecule has 0 unspecified atom stereocenters. The fourth-order valence-corrected chi connectivity index (χ4v) is 3.54. The molecular weight excluding hydrogens is 487 g/mol. The summed E-state index contributed by atoms with van der Waals surface area (Å²) < 4.78 is 2.56. The monoisotopic (exact) mass is 500 g/mol. The zero-order valence-corrected chi connectivity index (χ0v) is 18.8. The van der Waals surface area contributed by atoms with Crippen LogP contribution in [0, 0.1) is 6.92 Å². The molecule has 0 saturated heterocycles. The summed E-state index contributed by atoms with van der Waals surface area (Å²) in [4.78, 5) is 17.4.